The fourth-order valence-corrected chi connectivity index (χ4v) is 4.16. The molecule has 3 fully saturated rings. The Morgan fingerprint density at radius 1 is 1.04 bits per heavy atom. The van der Waals surface area contributed by atoms with Gasteiger partial charge in [0.2, 0.25) is 5.91 Å². The molecule has 1 aromatic rings. The zero-order chi connectivity index (χ0) is 16.7. The zero-order valence-electron chi connectivity index (χ0n) is 14.1. The van der Waals surface area contributed by atoms with E-state index in [1.807, 2.05) is 12.1 Å². The smallest absolute Gasteiger partial charge is 0.254 e. The fraction of sp³-hybridized carbons (Fsp3) is 0.500. The van der Waals surface area contributed by atoms with Crippen molar-refractivity contribution in [1.82, 2.24) is 4.90 Å². The number of nitrogens with zero attached hydrogens (tertiary/aromatic N) is 1. The molecule has 2 aliphatic heterocycles. The second-order valence-corrected chi connectivity index (χ2v) is 7.43. The highest BCUT2D eigenvalue weighted by Crippen LogP contribution is 2.42. The van der Waals surface area contributed by atoms with Crippen LogP contribution in [0.2, 0.25) is 0 Å². The van der Waals surface area contributed by atoms with Crippen LogP contribution in [0.4, 0.5) is 5.69 Å². The second kappa shape index (κ2) is 6.08. The maximum Gasteiger partial charge on any atom is 0.254 e. The number of fused-ring (bicyclic) bond motifs is 2. The lowest BCUT2D eigenvalue weighted by Crippen LogP contribution is -2.44. The molecule has 0 aromatic heterocycles. The van der Waals surface area contributed by atoms with E-state index in [0.29, 0.717) is 12.1 Å². The minimum Gasteiger partial charge on any atom is -0.332 e. The topological polar surface area (TPSA) is 49.4 Å². The van der Waals surface area contributed by atoms with E-state index in [1.165, 1.54) is 19.8 Å². The first-order valence-corrected chi connectivity index (χ1v) is 9.00. The summed E-state index contributed by atoms with van der Waals surface area (Å²) in [7, 11) is 0. The Balaban J connectivity index is 1.47. The lowest BCUT2D eigenvalue weighted by atomic mass is 9.94. The highest BCUT2D eigenvalue weighted by atomic mass is 16.2. The number of rotatable bonds is 3. The Hall–Kier alpha value is -2.10. The van der Waals surface area contributed by atoms with Crippen LogP contribution in [-0.2, 0) is 4.79 Å². The van der Waals surface area contributed by atoms with Crippen molar-refractivity contribution in [2.24, 2.45) is 5.92 Å². The first kappa shape index (κ1) is 15.4. The number of hydrogen-bond acceptors (Lipinski definition) is 2. The summed E-state index contributed by atoms with van der Waals surface area (Å²) in [5.74, 6) is 0.864. The summed E-state index contributed by atoms with van der Waals surface area (Å²) < 4.78 is 0. The van der Waals surface area contributed by atoms with Gasteiger partial charge in [-0.1, -0.05) is 11.6 Å². The molecule has 2 unspecified atom stereocenters. The predicted octanol–water partition coefficient (Wildman–Crippen LogP) is 3.75. The largest absolute Gasteiger partial charge is 0.332 e. The molecule has 2 amide bonds. The number of carbonyl (C=O) groups is 2. The van der Waals surface area contributed by atoms with Crippen LogP contribution >= 0.6 is 0 Å². The minimum atomic E-state index is -0.0990. The van der Waals surface area contributed by atoms with Gasteiger partial charge in [0.25, 0.3) is 5.91 Å². The van der Waals surface area contributed by atoms with Gasteiger partial charge in [0.05, 0.1) is 0 Å². The summed E-state index contributed by atoms with van der Waals surface area (Å²) in [6.45, 7) is 1.48. The third kappa shape index (κ3) is 3.10. The van der Waals surface area contributed by atoms with E-state index in [1.54, 1.807) is 17.7 Å². The van der Waals surface area contributed by atoms with Gasteiger partial charge in [-0.05, 0) is 68.7 Å². The third-order valence-corrected chi connectivity index (χ3v) is 5.40. The van der Waals surface area contributed by atoms with E-state index >= 15 is 0 Å². The third-order valence-electron chi connectivity index (χ3n) is 5.40. The lowest BCUT2D eigenvalue weighted by Gasteiger charge is -2.36. The Labute approximate surface area is 142 Å². The molecule has 0 radical (unpaired) electrons. The van der Waals surface area contributed by atoms with Crippen LogP contribution < -0.4 is 5.32 Å². The first-order valence-electron chi connectivity index (χ1n) is 9.00. The van der Waals surface area contributed by atoms with Crippen molar-refractivity contribution < 1.29 is 9.59 Å². The monoisotopic (exact) mass is 324 g/mol. The predicted molar refractivity (Wildman–Crippen MR) is 93.8 cm³/mol. The molecule has 4 rings (SSSR count). The number of nitrogens with one attached hydrogen (secondary N) is 1. The van der Waals surface area contributed by atoms with Gasteiger partial charge < -0.3 is 10.2 Å². The molecule has 2 bridgehead atoms. The van der Waals surface area contributed by atoms with Crippen molar-refractivity contribution >= 4 is 17.5 Å². The summed E-state index contributed by atoms with van der Waals surface area (Å²) in [6, 6.07) is 8.00. The average molecular weight is 324 g/mol. The van der Waals surface area contributed by atoms with Crippen LogP contribution in [-0.4, -0.2) is 28.8 Å². The molecule has 2 saturated heterocycles. The number of allylic oxidation sites excluding steroid dienone is 1. The lowest BCUT2D eigenvalue weighted by molar-refractivity contribution is -0.114. The maximum absolute atomic E-state index is 13.0. The highest BCUT2D eigenvalue weighted by Gasteiger charge is 2.41. The Bertz CT molecular complexity index is 672. The van der Waals surface area contributed by atoms with Crippen LogP contribution in [0.1, 0.15) is 55.8 Å². The summed E-state index contributed by atoms with van der Waals surface area (Å²) in [6.07, 6.45) is 9.55. The van der Waals surface area contributed by atoms with Gasteiger partial charge in [-0.2, -0.15) is 0 Å². The number of piperidine rings is 1. The van der Waals surface area contributed by atoms with E-state index < -0.39 is 0 Å². The second-order valence-electron chi connectivity index (χ2n) is 7.43. The molecular formula is C20H24N2O2. The summed E-state index contributed by atoms with van der Waals surface area (Å²) in [5.41, 5.74) is 3.03. The van der Waals surface area contributed by atoms with Crippen LogP contribution in [0.3, 0.4) is 0 Å². The van der Waals surface area contributed by atoms with Crippen molar-refractivity contribution in [3.05, 3.63) is 41.5 Å². The average Bonchev–Trinajstić information content (AvgIpc) is 3.31. The quantitative estimate of drug-likeness (QED) is 0.861. The van der Waals surface area contributed by atoms with Crippen molar-refractivity contribution in [2.75, 3.05) is 5.32 Å². The molecule has 24 heavy (non-hydrogen) atoms. The normalized spacial score (nSPS) is 25.5. The molecule has 0 spiro atoms. The van der Waals surface area contributed by atoms with Gasteiger partial charge >= 0.3 is 0 Å². The van der Waals surface area contributed by atoms with Gasteiger partial charge in [-0.15, -0.1) is 0 Å². The minimum absolute atomic E-state index is 0.0990. The number of amides is 2. The molecule has 2 atom stereocenters. The molecule has 3 aliphatic rings. The maximum atomic E-state index is 13.0. The molecule has 2 heterocycles. The number of hydrogen-bond donors (Lipinski definition) is 1. The van der Waals surface area contributed by atoms with Crippen molar-refractivity contribution in [2.45, 2.75) is 57.5 Å². The molecule has 4 heteroatoms. The highest BCUT2D eigenvalue weighted by molar-refractivity contribution is 5.96. The van der Waals surface area contributed by atoms with Gasteiger partial charge in [-0.25, -0.2) is 0 Å². The van der Waals surface area contributed by atoms with Crippen LogP contribution in [0.5, 0.6) is 0 Å². The summed E-state index contributed by atoms with van der Waals surface area (Å²) >= 11 is 0. The van der Waals surface area contributed by atoms with Gasteiger partial charge in [-0.3, -0.25) is 9.59 Å². The number of benzene rings is 1. The Kier molecular flexibility index (Phi) is 3.91. The molecule has 126 valence electrons. The van der Waals surface area contributed by atoms with E-state index in [0.717, 1.165) is 42.9 Å². The summed E-state index contributed by atoms with van der Waals surface area (Å²) in [4.78, 5) is 26.2. The molecule has 1 aliphatic carbocycles. The number of carbonyl (C=O) groups excluding carboxylic acids is 2. The van der Waals surface area contributed by atoms with E-state index in [9.17, 15) is 9.59 Å². The zero-order valence-corrected chi connectivity index (χ0v) is 14.1. The Morgan fingerprint density at radius 3 is 2.21 bits per heavy atom. The summed E-state index contributed by atoms with van der Waals surface area (Å²) in [5, 5.41) is 2.74. The van der Waals surface area contributed by atoms with Gasteiger partial charge in [0.1, 0.15) is 0 Å². The fourth-order valence-electron chi connectivity index (χ4n) is 4.16. The molecule has 1 saturated carbocycles. The van der Waals surface area contributed by atoms with Gasteiger partial charge in [0.15, 0.2) is 0 Å². The van der Waals surface area contributed by atoms with E-state index in [4.69, 9.17) is 0 Å². The number of anilines is 1. The first-order chi connectivity index (χ1) is 11.6. The van der Waals surface area contributed by atoms with Crippen LogP contribution in [0, 0.1) is 5.92 Å². The van der Waals surface area contributed by atoms with Crippen LogP contribution in [0.25, 0.3) is 0 Å². The Morgan fingerprint density at radius 2 is 1.67 bits per heavy atom. The van der Waals surface area contributed by atoms with Crippen molar-refractivity contribution in [1.29, 1.82) is 0 Å². The van der Waals surface area contributed by atoms with Crippen molar-refractivity contribution in [3.8, 4) is 0 Å². The van der Waals surface area contributed by atoms with Crippen molar-refractivity contribution in [3.63, 3.8) is 0 Å². The van der Waals surface area contributed by atoms with Gasteiger partial charge in [0, 0.05) is 30.3 Å². The van der Waals surface area contributed by atoms with E-state index in [-0.39, 0.29) is 11.8 Å². The molecular weight excluding hydrogens is 300 g/mol. The SMILES string of the molecule is CC(=O)Nc1ccc(C(=O)N2C3CCC2CC(=CC2CC2)C3)cc1. The molecule has 4 nitrogen and oxygen atoms in total. The van der Waals surface area contributed by atoms with E-state index in [2.05, 4.69) is 16.3 Å². The molecule has 1 N–H and O–H groups in total. The van der Waals surface area contributed by atoms with Crippen LogP contribution in [0.15, 0.2) is 35.9 Å². The molecule has 1 aromatic carbocycles. The standard InChI is InChI=1S/C20H24N2O2/c1-13(23)21-17-6-4-16(5-7-17)20(24)22-18-8-9-19(22)12-15(11-18)10-14-2-3-14/h4-7,10,14,18-19H,2-3,8-9,11-12H2,1H3,(H,21,23).